The van der Waals surface area contributed by atoms with Gasteiger partial charge >= 0.3 is 5.97 Å². The predicted octanol–water partition coefficient (Wildman–Crippen LogP) is 0.714. The molecule has 0 aliphatic carbocycles. The molecule has 1 aromatic carbocycles. The maximum atomic E-state index is 11.0. The van der Waals surface area contributed by atoms with Crippen molar-refractivity contribution in [3.8, 4) is 11.5 Å². The molecule has 0 spiro atoms. The van der Waals surface area contributed by atoms with Crippen LogP contribution in [0.1, 0.15) is 10.4 Å². The molecule has 0 bridgehead atoms. The number of aromatic hydroxyl groups is 1. The van der Waals surface area contributed by atoms with Gasteiger partial charge in [-0.25, -0.2) is 4.79 Å². The number of methoxy groups -OCH3 is 1. The average Bonchev–Trinajstić information content (AvgIpc) is 2.20. The van der Waals surface area contributed by atoms with Crippen molar-refractivity contribution in [3.05, 3.63) is 23.8 Å². The molecule has 0 unspecified atom stereocenters. The van der Waals surface area contributed by atoms with Gasteiger partial charge in [0, 0.05) is 0 Å². The Morgan fingerprint density at radius 3 is 2.71 bits per heavy atom. The molecule has 74 valence electrons. The van der Waals surface area contributed by atoms with Crippen LogP contribution in [0.5, 0.6) is 11.5 Å². The normalized spacial score (nSPS) is 9.21. The van der Waals surface area contributed by atoms with E-state index in [-0.39, 0.29) is 23.5 Å². The molecule has 0 aliphatic rings. The van der Waals surface area contributed by atoms with Crippen LogP contribution in [-0.4, -0.2) is 24.7 Å². The monoisotopic (exact) mass is 196 g/mol. The third-order valence-electron chi connectivity index (χ3n) is 1.56. The highest BCUT2D eigenvalue weighted by molar-refractivity contribution is 5.90. The third kappa shape index (κ3) is 2.01. The van der Waals surface area contributed by atoms with E-state index in [1.54, 1.807) is 0 Å². The van der Waals surface area contributed by atoms with E-state index >= 15 is 0 Å². The van der Waals surface area contributed by atoms with E-state index in [4.69, 9.17) is 0 Å². The Bertz CT molecular complexity index is 358. The standard InChI is InChI=1S/C9H8O5/c1-13-9(12)6-2-3-8(14-5-10)7(11)4-6/h2-5,11H,1H3. The van der Waals surface area contributed by atoms with E-state index in [0.717, 1.165) is 6.07 Å². The second-order valence-electron chi connectivity index (χ2n) is 2.39. The molecule has 0 radical (unpaired) electrons. The maximum absolute atomic E-state index is 11.0. The van der Waals surface area contributed by atoms with Crippen LogP contribution in [0.15, 0.2) is 18.2 Å². The SMILES string of the molecule is COC(=O)c1ccc(OC=O)c(O)c1. The Hall–Kier alpha value is -2.04. The number of rotatable bonds is 3. The number of carbonyl (C=O) groups is 2. The van der Waals surface area contributed by atoms with Crippen molar-refractivity contribution >= 4 is 12.4 Å². The van der Waals surface area contributed by atoms with Crippen molar-refractivity contribution < 1.29 is 24.2 Å². The van der Waals surface area contributed by atoms with Crippen LogP contribution in [-0.2, 0) is 9.53 Å². The third-order valence-corrected chi connectivity index (χ3v) is 1.56. The van der Waals surface area contributed by atoms with Gasteiger partial charge in [0.1, 0.15) is 0 Å². The van der Waals surface area contributed by atoms with Gasteiger partial charge in [-0.05, 0) is 18.2 Å². The van der Waals surface area contributed by atoms with Gasteiger partial charge in [-0.3, -0.25) is 4.79 Å². The molecule has 1 rings (SSSR count). The summed E-state index contributed by atoms with van der Waals surface area (Å²) < 4.78 is 8.85. The van der Waals surface area contributed by atoms with E-state index in [0.29, 0.717) is 0 Å². The van der Waals surface area contributed by atoms with Crippen molar-refractivity contribution in [2.24, 2.45) is 0 Å². The summed E-state index contributed by atoms with van der Waals surface area (Å²) in [6, 6.07) is 3.84. The number of phenolic OH excluding ortho intramolecular Hbond substituents is 1. The zero-order chi connectivity index (χ0) is 10.6. The van der Waals surface area contributed by atoms with Gasteiger partial charge in [0.05, 0.1) is 12.7 Å². The molecule has 0 heterocycles. The highest BCUT2D eigenvalue weighted by atomic mass is 16.5. The number of hydrogen-bond acceptors (Lipinski definition) is 5. The molecule has 5 nitrogen and oxygen atoms in total. The average molecular weight is 196 g/mol. The first-order chi connectivity index (χ1) is 6.69. The summed E-state index contributed by atoms with van der Waals surface area (Å²) in [7, 11) is 1.23. The van der Waals surface area contributed by atoms with Crippen LogP contribution in [0, 0.1) is 0 Å². The number of phenols is 1. The lowest BCUT2D eigenvalue weighted by atomic mass is 10.2. The summed E-state index contributed by atoms with van der Waals surface area (Å²) in [5, 5.41) is 9.28. The Balaban J connectivity index is 2.99. The molecule has 0 aliphatic heterocycles. The summed E-state index contributed by atoms with van der Waals surface area (Å²) in [6.45, 7) is 0.187. The summed E-state index contributed by atoms with van der Waals surface area (Å²) >= 11 is 0. The second kappa shape index (κ2) is 4.27. The van der Waals surface area contributed by atoms with Crippen molar-refractivity contribution in [3.63, 3.8) is 0 Å². The zero-order valence-electron chi connectivity index (χ0n) is 7.39. The van der Waals surface area contributed by atoms with Gasteiger partial charge in [0.15, 0.2) is 11.5 Å². The van der Waals surface area contributed by atoms with Crippen LogP contribution in [0.3, 0.4) is 0 Å². The first kappa shape index (κ1) is 10.0. The number of carbonyl (C=O) groups excluding carboxylic acids is 2. The fourth-order valence-electron chi connectivity index (χ4n) is 0.914. The van der Waals surface area contributed by atoms with Gasteiger partial charge in [0.25, 0.3) is 6.47 Å². The van der Waals surface area contributed by atoms with Gasteiger partial charge < -0.3 is 14.6 Å². The number of benzene rings is 1. The Labute approximate surface area is 79.9 Å². The van der Waals surface area contributed by atoms with Crippen molar-refractivity contribution in [2.75, 3.05) is 7.11 Å². The Morgan fingerprint density at radius 1 is 1.50 bits per heavy atom. The lowest BCUT2D eigenvalue weighted by molar-refractivity contribution is -0.120. The predicted molar refractivity (Wildman–Crippen MR) is 46.1 cm³/mol. The molecule has 5 heteroatoms. The minimum atomic E-state index is -0.571. The fraction of sp³-hybridized carbons (Fsp3) is 0.111. The van der Waals surface area contributed by atoms with E-state index in [1.165, 1.54) is 19.2 Å². The van der Waals surface area contributed by atoms with Gasteiger partial charge in [-0.2, -0.15) is 0 Å². The highest BCUT2D eigenvalue weighted by Gasteiger charge is 2.09. The van der Waals surface area contributed by atoms with Gasteiger partial charge in [-0.1, -0.05) is 0 Å². The number of ether oxygens (including phenoxy) is 2. The summed E-state index contributed by atoms with van der Waals surface area (Å²) in [4.78, 5) is 21.0. The van der Waals surface area contributed by atoms with Crippen molar-refractivity contribution in [1.29, 1.82) is 0 Å². The minimum absolute atomic E-state index is 0.00680. The molecule has 0 atom stereocenters. The number of esters is 1. The lowest BCUT2D eigenvalue weighted by Gasteiger charge is -2.03. The topological polar surface area (TPSA) is 72.8 Å². The van der Waals surface area contributed by atoms with E-state index in [2.05, 4.69) is 9.47 Å². The molecule has 0 aromatic heterocycles. The van der Waals surface area contributed by atoms with Crippen molar-refractivity contribution in [2.45, 2.75) is 0 Å². The molecule has 1 N–H and O–H groups in total. The zero-order valence-corrected chi connectivity index (χ0v) is 7.39. The van der Waals surface area contributed by atoms with E-state index in [1.807, 2.05) is 0 Å². The quantitative estimate of drug-likeness (QED) is 0.569. The molecular formula is C9H8O5. The summed E-state index contributed by atoms with van der Waals surface area (Å²) in [6.07, 6.45) is 0. The Kier molecular flexibility index (Phi) is 3.06. The largest absolute Gasteiger partial charge is 0.504 e. The number of hydrogen-bond donors (Lipinski definition) is 1. The first-order valence-electron chi connectivity index (χ1n) is 3.70. The molecule has 1 aromatic rings. The summed E-state index contributed by atoms with van der Waals surface area (Å²) in [5.41, 5.74) is 0.184. The van der Waals surface area contributed by atoms with Gasteiger partial charge in [-0.15, -0.1) is 0 Å². The van der Waals surface area contributed by atoms with Gasteiger partial charge in [0.2, 0.25) is 0 Å². The van der Waals surface area contributed by atoms with Crippen LogP contribution in [0.4, 0.5) is 0 Å². The summed E-state index contributed by atoms with van der Waals surface area (Å²) in [5.74, 6) is -0.870. The van der Waals surface area contributed by atoms with Crippen LogP contribution in [0.25, 0.3) is 0 Å². The minimum Gasteiger partial charge on any atom is -0.504 e. The molecule has 0 fully saturated rings. The molecule has 14 heavy (non-hydrogen) atoms. The maximum Gasteiger partial charge on any atom is 0.337 e. The van der Waals surface area contributed by atoms with E-state index in [9.17, 15) is 14.7 Å². The first-order valence-corrected chi connectivity index (χ1v) is 3.70. The molecule has 0 saturated heterocycles. The van der Waals surface area contributed by atoms with E-state index < -0.39 is 5.97 Å². The van der Waals surface area contributed by atoms with Crippen LogP contribution >= 0.6 is 0 Å². The smallest absolute Gasteiger partial charge is 0.337 e. The van der Waals surface area contributed by atoms with Crippen LogP contribution in [0.2, 0.25) is 0 Å². The highest BCUT2D eigenvalue weighted by Crippen LogP contribution is 2.26. The molecule has 0 saturated carbocycles. The second-order valence-corrected chi connectivity index (χ2v) is 2.39. The van der Waals surface area contributed by atoms with Crippen LogP contribution < -0.4 is 4.74 Å². The lowest BCUT2D eigenvalue weighted by Crippen LogP contribution is -2.01. The molecular weight excluding hydrogens is 188 g/mol. The van der Waals surface area contributed by atoms with Crippen molar-refractivity contribution in [1.82, 2.24) is 0 Å². The molecule has 0 amide bonds. The Morgan fingerprint density at radius 2 is 2.21 bits per heavy atom. The fourth-order valence-corrected chi connectivity index (χ4v) is 0.914.